The monoisotopic (exact) mass is 356 g/mol. The molecule has 0 spiro atoms. The summed E-state index contributed by atoms with van der Waals surface area (Å²) in [5, 5.41) is 11.6. The van der Waals surface area contributed by atoms with Gasteiger partial charge in [0, 0.05) is 18.7 Å². The fraction of sp³-hybridized carbons (Fsp3) is 0.300. The molecule has 26 heavy (non-hydrogen) atoms. The third-order valence-corrected chi connectivity index (χ3v) is 4.69. The highest BCUT2D eigenvalue weighted by Gasteiger charge is 2.24. The molecular formula is C20H21FN2O3. The number of nitrogens with zero attached hydrogens (tertiary/aromatic N) is 1. The molecule has 136 valence electrons. The summed E-state index contributed by atoms with van der Waals surface area (Å²) < 4.78 is 13.0. The largest absolute Gasteiger partial charge is 0.508 e. The normalized spacial score (nSPS) is 14.9. The van der Waals surface area contributed by atoms with Gasteiger partial charge < -0.3 is 10.0 Å². The number of carbonyl (C=O) groups is 2. The SMILES string of the molecule is O=C(NC(=O)N1CCC(Cc2ccc(F)cc2)CC1)c1ccc(O)cc1. The molecule has 1 saturated heterocycles. The molecule has 2 aromatic rings. The van der Waals surface area contributed by atoms with Gasteiger partial charge in [-0.1, -0.05) is 12.1 Å². The van der Waals surface area contributed by atoms with E-state index in [1.807, 2.05) is 0 Å². The van der Waals surface area contributed by atoms with E-state index >= 15 is 0 Å². The van der Waals surface area contributed by atoms with Crippen molar-refractivity contribution in [3.8, 4) is 5.75 Å². The van der Waals surface area contributed by atoms with E-state index in [0.717, 1.165) is 24.8 Å². The third-order valence-electron chi connectivity index (χ3n) is 4.69. The number of likely N-dealkylation sites (tertiary alicyclic amines) is 1. The molecule has 5 nitrogen and oxygen atoms in total. The van der Waals surface area contributed by atoms with Gasteiger partial charge in [-0.25, -0.2) is 9.18 Å². The van der Waals surface area contributed by atoms with Crippen LogP contribution in [0.3, 0.4) is 0 Å². The van der Waals surface area contributed by atoms with Gasteiger partial charge in [0.1, 0.15) is 11.6 Å². The average Bonchev–Trinajstić information content (AvgIpc) is 2.64. The van der Waals surface area contributed by atoms with Gasteiger partial charge in [0.05, 0.1) is 0 Å². The average molecular weight is 356 g/mol. The number of piperidine rings is 1. The number of urea groups is 1. The smallest absolute Gasteiger partial charge is 0.324 e. The van der Waals surface area contributed by atoms with E-state index in [9.17, 15) is 19.1 Å². The minimum absolute atomic E-state index is 0.0658. The minimum Gasteiger partial charge on any atom is -0.508 e. The van der Waals surface area contributed by atoms with Crippen molar-refractivity contribution in [2.24, 2.45) is 5.92 Å². The van der Waals surface area contributed by atoms with Gasteiger partial charge >= 0.3 is 6.03 Å². The summed E-state index contributed by atoms with van der Waals surface area (Å²) >= 11 is 0. The second-order valence-corrected chi connectivity index (χ2v) is 6.57. The van der Waals surface area contributed by atoms with Gasteiger partial charge in [-0.15, -0.1) is 0 Å². The van der Waals surface area contributed by atoms with Crippen LogP contribution in [-0.4, -0.2) is 35.0 Å². The number of rotatable bonds is 3. The molecule has 1 heterocycles. The highest BCUT2D eigenvalue weighted by molar-refractivity contribution is 6.04. The molecular weight excluding hydrogens is 335 g/mol. The summed E-state index contributed by atoms with van der Waals surface area (Å²) in [5.41, 5.74) is 1.42. The Kier molecular flexibility index (Phi) is 5.51. The van der Waals surface area contributed by atoms with Gasteiger partial charge in [-0.05, 0) is 67.1 Å². The van der Waals surface area contributed by atoms with Crippen molar-refractivity contribution in [3.05, 3.63) is 65.5 Å². The zero-order valence-electron chi connectivity index (χ0n) is 14.3. The van der Waals surface area contributed by atoms with E-state index in [1.165, 1.54) is 36.4 Å². The molecule has 1 fully saturated rings. The number of imide groups is 1. The van der Waals surface area contributed by atoms with Gasteiger partial charge in [0.15, 0.2) is 0 Å². The predicted molar refractivity (Wildman–Crippen MR) is 95.4 cm³/mol. The van der Waals surface area contributed by atoms with Crippen molar-refractivity contribution in [1.29, 1.82) is 0 Å². The lowest BCUT2D eigenvalue weighted by Gasteiger charge is -2.31. The Labute approximate surface area is 151 Å². The van der Waals surface area contributed by atoms with Crippen molar-refractivity contribution in [3.63, 3.8) is 0 Å². The Morgan fingerprint density at radius 3 is 2.27 bits per heavy atom. The molecule has 0 bridgehead atoms. The molecule has 1 aliphatic heterocycles. The molecule has 0 saturated carbocycles. The summed E-state index contributed by atoms with van der Waals surface area (Å²) in [5.74, 6) is -0.213. The summed E-state index contributed by atoms with van der Waals surface area (Å²) in [6.45, 7) is 1.17. The highest BCUT2D eigenvalue weighted by Crippen LogP contribution is 2.22. The van der Waals surface area contributed by atoms with Gasteiger partial charge in [0.25, 0.3) is 5.91 Å². The van der Waals surface area contributed by atoms with Crippen molar-refractivity contribution >= 4 is 11.9 Å². The van der Waals surface area contributed by atoms with Crippen LogP contribution in [0.4, 0.5) is 9.18 Å². The van der Waals surface area contributed by atoms with E-state index in [4.69, 9.17) is 0 Å². The van der Waals surface area contributed by atoms with Crippen LogP contribution in [0.2, 0.25) is 0 Å². The minimum atomic E-state index is -0.483. The number of halogens is 1. The molecule has 2 N–H and O–H groups in total. The van der Waals surface area contributed by atoms with Crippen LogP contribution in [0, 0.1) is 11.7 Å². The molecule has 0 radical (unpaired) electrons. The zero-order chi connectivity index (χ0) is 18.5. The first-order chi connectivity index (χ1) is 12.5. The lowest BCUT2D eigenvalue weighted by Crippen LogP contribution is -2.46. The van der Waals surface area contributed by atoms with Crippen molar-refractivity contribution < 1.29 is 19.1 Å². The number of hydrogen-bond donors (Lipinski definition) is 2. The fourth-order valence-corrected chi connectivity index (χ4v) is 3.16. The summed E-state index contributed by atoms with van der Waals surface area (Å²) in [4.78, 5) is 26.0. The Balaban J connectivity index is 1.48. The molecule has 0 aromatic heterocycles. The molecule has 6 heteroatoms. The lowest BCUT2D eigenvalue weighted by atomic mass is 9.90. The maximum atomic E-state index is 13.0. The van der Waals surface area contributed by atoms with E-state index in [-0.39, 0.29) is 11.6 Å². The fourth-order valence-electron chi connectivity index (χ4n) is 3.16. The summed E-state index contributed by atoms with van der Waals surface area (Å²) in [6.07, 6.45) is 2.55. The number of amides is 3. The van der Waals surface area contributed by atoms with Gasteiger partial charge in [-0.2, -0.15) is 0 Å². The topological polar surface area (TPSA) is 69.6 Å². The summed E-state index contributed by atoms with van der Waals surface area (Å²) in [7, 11) is 0. The maximum Gasteiger partial charge on any atom is 0.324 e. The Morgan fingerprint density at radius 2 is 1.65 bits per heavy atom. The molecule has 3 rings (SSSR count). The lowest BCUT2D eigenvalue weighted by molar-refractivity contribution is 0.0945. The standard InChI is InChI=1S/C20H21FN2O3/c21-17-5-1-14(2-6-17)13-15-9-11-23(12-10-15)20(26)22-19(25)16-3-7-18(24)8-4-16/h1-8,15,24H,9-13H2,(H,22,25,26). The summed E-state index contributed by atoms with van der Waals surface area (Å²) in [6, 6.07) is 11.9. The van der Waals surface area contributed by atoms with Crippen molar-refractivity contribution in [2.75, 3.05) is 13.1 Å². The number of carbonyl (C=O) groups excluding carboxylic acids is 2. The van der Waals surface area contributed by atoms with Crippen LogP contribution in [0.1, 0.15) is 28.8 Å². The quantitative estimate of drug-likeness (QED) is 0.886. The number of nitrogens with one attached hydrogen (secondary N) is 1. The maximum absolute atomic E-state index is 13.0. The van der Waals surface area contributed by atoms with E-state index in [0.29, 0.717) is 24.6 Å². The first kappa shape index (κ1) is 17.9. The second-order valence-electron chi connectivity index (χ2n) is 6.57. The van der Waals surface area contributed by atoms with E-state index < -0.39 is 11.9 Å². The first-order valence-electron chi connectivity index (χ1n) is 8.65. The van der Waals surface area contributed by atoms with E-state index in [2.05, 4.69) is 5.32 Å². The van der Waals surface area contributed by atoms with Crippen LogP contribution >= 0.6 is 0 Å². The molecule has 0 atom stereocenters. The van der Waals surface area contributed by atoms with Crippen molar-refractivity contribution in [2.45, 2.75) is 19.3 Å². The van der Waals surface area contributed by atoms with Crippen LogP contribution in [0.25, 0.3) is 0 Å². The molecule has 2 aromatic carbocycles. The highest BCUT2D eigenvalue weighted by atomic mass is 19.1. The molecule has 1 aliphatic rings. The first-order valence-corrected chi connectivity index (χ1v) is 8.65. The van der Waals surface area contributed by atoms with Crippen LogP contribution in [-0.2, 0) is 6.42 Å². The van der Waals surface area contributed by atoms with Crippen LogP contribution in [0.15, 0.2) is 48.5 Å². The van der Waals surface area contributed by atoms with Crippen LogP contribution < -0.4 is 5.32 Å². The third kappa shape index (κ3) is 4.59. The van der Waals surface area contributed by atoms with Crippen molar-refractivity contribution in [1.82, 2.24) is 10.2 Å². The number of benzene rings is 2. The van der Waals surface area contributed by atoms with Gasteiger partial charge in [0.2, 0.25) is 0 Å². The Morgan fingerprint density at radius 1 is 1.04 bits per heavy atom. The Hall–Kier alpha value is -2.89. The number of phenolic OH excluding ortho intramolecular Hbond substituents is 1. The van der Waals surface area contributed by atoms with Crippen LogP contribution in [0.5, 0.6) is 5.75 Å². The number of phenols is 1. The second kappa shape index (κ2) is 7.99. The number of hydrogen-bond acceptors (Lipinski definition) is 3. The van der Waals surface area contributed by atoms with E-state index in [1.54, 1.807) is 17.0 Å². The molecule has 3 amide bonds. The molecule has 0 aliphatic carbocycles. The zero-order valence-corrected chi connectivity index (χ0v) is 14.3. The molecule has 0 unspecified atom stereocenters. The van der Waals surface area contributed by atoms with Gasteiger partial charge in [-0.3, -0.25) is 10.1 Å². The predicted octanol–water partition coefficient (Wildman–Crippen LogP) is 3.34. The number of aromatic hydroxyl groups is 1. The Bertz CT molecular complexity index is 767.